The first-order valence-corrected chi connectivity index (χ1v) is 7.43. The van der Waals surface area contributed by atoms with Crippen LogP contribution in [0.3, 0.4) is 0 Å². The summed E-state index contributed by atoms with van der Waals surface area (Å²) in [6, 6.07) is 3.77. The number of anilines is 1. The minimum Gasteiger partial charge on any atom is -0.478 e. The summed E-state index contributed by atoms with van der Waals surface area (Å²) in [6.45, 7) is 0. The Morgan fingerprint density at radius 1 is 1.45 bits per heavy atom. The van der Waals surface area contributed by atoms with Crippen molar-refractivity contribution in [2.75, 3.05) is 19.0 Å². The van der Waals surface area contributed by atoms with E-state index in [0.29, 0.717) is 11.3 Å². The predicted octanol–water partition coefficient (Wildman–Crippen LogP) is 2.73. The number of thioether (sulfide) groups is 1. The van der Waals surface area contributed by atoms with Gasteiger partial charge in [0.05, 0.1) is 5.56 Å². The molecule has 0 unspecified atom stereocenters. The number of carboxylic acid groups (broad SMARTS) is 1. The normalized spacial score (nSPS) is 10.6. The van der Waals surface area contributed by atoms with E-state index >= 15 is 0 Å². The first-order chi connectivity index (χ1) is 9.47. The van der Waals surface area contributed by atoms with Crippen molar-refractivity contribution in [1.82, 2.24) is 10.2 Å². The van der Waals surface area contributed by atoms with Gasteiger partial charge in [-0.05, 0) is 17.7 Å². The average molecular weight is 313 g/mol. The first-order valence-electron chi connectivity index (χ1n) is 5.62. The zero-order valence-electron chi connectivity index (χ0n) is 10.8. The lowest BCUT2D eigenvalue weighted by molar-refractivity contribution is 0.0695. The zero-order valence-corrected chi connectivity index (χ0v) is 12.5. The van der Waals surface area contributed by atoms with Crippen LogP contribution in [0.2, 0.25) is 0 Å². The third kappa shape index (κ3) is 3.45. The molecule has 5 nitrogen and oxygen atoms in total. The van der Waals surface area contributed by atoms with E-state index in [0.717, 1.165) is 15.5 Å². The van der Waals surface area contributed by atoms with E-state index in [9.17, 15) is 9.18 Å². The van der Waals surface area contributed by atoms with Crippen LogP contribution in [0, 0.1) is 5.82 Å². The van der Waals surface area contributed by atoms with Crippen molar-refractivity contribution >= 4 is 34.2 Å². The van der Waals surface area contributed by atoms with Gasteiger partial charge in [-0.25, -0.2) is 9.18 Å². The van der Waals surface area contributed by atoms with Gasteiger partial charge in [-0.2, -0.15) is 0 Å². The highest BCUT2D eigenvalue weighted by molar-refractivity contribution is 8.00. The standard InChI is InChI=1S/C12H12FN3O2S2/c1-16(2)11-14-15-12(20-11)19-6-7-3-4-8(13)5-9(7)10(17)18/h3-5H,6H2,1-2H3,(H,17,18). The lowest BCUT2D eigenvalue weighted by Crippen LogP contribution is -2.07. The Morgan fingerprint density at radius 3 is 2.80 bits per heavy atom. The Morgan fingerprint density at radius 2 is 2.20 bits per heavy atom. The maximum Gasteiger partial charge on any atom is 0.336 e. The van der Waals surface area contributed by atoms with Crippen molar-refractivity contribution in [2.24, 2.45) is 0 Å². The van der Waals surface area contributed by atoms with Crippen molar-refractivity contribution in [3.63, 3.8) is 0 Å². The van der Waals surface area contributed by atoms with Crippen LogP contribution in [0.1, 0.15) is 15.9 Å². The lowest BCUT2D eigenvalue weighted by Gasteiger charge is -2.05. The summed E-state index contributed by atoms with van der Waals surface area (Å²) in [5.74, 6) is -1.28. The number of benzene rings is 1. The number of rotatable bonds is 5. The Kier molecular flexibility index (Phi) is 4.56. The van der Waals surface area contributed by atoms with Crippen molar-refractivity contribution in [1.29, 1.82) is 0 Å². The number of carboxylic acids is 1. The molecule has 0 aliphatic rings. The number of halogens is 1. The van der Waals surface area contributed by atoms with Crippen LogP contribution in [-0.4, -0.2) is 35.4 Å². The van der Waals surface area contributed by atoms with E-state index in [1.807, 2.05) is 19.0 Å². The third-order valence-electron chi connectivity index (χ3n) is 2.43. The smallest absolute Gasteiger partial charge is 0.336 e. The summed E-state index contributed by atoms with van der Waals surface area (Å²) >= 11 is 2.80. The van der Waals surface area contributed by atoms with Crippen LogP contribution in [0.15, 0.2) is 22.5 Å². The van der Waals surface area contributed by atoms with Crippen LogP contribution in [-0.2, 0) is 5.75 Å². The maximum absolute atomic E-state index is 13.1. The fraction of sp³-hybridized carbons (Fsp3) is 0.250. The molecule has 0 radical (unpaired) electrons. The molecule has 0 saturated heterocycles. The molecule has 1 aromatic heterocycles. The largest absolute Gasteiger partial charge is 0.478 e. The van der Waals surface area contributed by atoms with Crippen molar-refractivity contribution < 1.29 is 14.3 Å². The van der Waals surface area contributed by atoms with E-state index in [1.165, 1.54) is 35.2 Å². The topological polar surface area (TPSA) is 66.3 Å². The van der Waals surface area contributed by atoms with Gasteiger partial charge in [-0.3, -0.25) is 0 Å². The number of nitrogens with zero attached hydrogens (tertiary/aromatic N) is 3. The highest BCUT2D eigenvalue weighted by atomic mass is 32.2. The SMILES string of the molecule is CN(C)c1nnc(SCc2ccc(F)cc2C(=O)O)s1. The number of hydrogen-bond donors (Lipinski definition) is 1. The van der Waals surface area contributed by atoms with Gasteiger partial charge in [0.15, 0.2) is 4.34 Å². The molecule has 106 valence electrons. The zero-order chi connectivity index (χ0) is 14.7. The van der Waals surface area contributed by atoms with Gasteiger partial charge < -0.3 is 10.0 Å². The van der Waals surface area contributed by atoms with Gasteiger partial charge in [0.25, 0.3) is 0 Å². The molecule has 0 bridgehead atoms. The quantitative estimate of drug-likeness (QED) is 0.856. The van der Waals surface area contributed by atoms with Crippen LogP contribution in [0.25, 0.3) is 0 Å². The number of aromatic nitrogens is 2. The predicted molar refractivity (Wildman–Crippen MR) is 77.2 cm³/mol. The Hall–Kier alpha value is -1.67. The van der Waals surface area contributed by atoms with Crippen molar-refractivity contribution in [3.8, 4) is 0 Å². The second-order valence-electron chi connectivity index (χ2n) is 4.14. The lowest BCUT2D eigenvalue weighted by atomic mass is 10.1. The summed E-state index contributed by atoms with van der Waals surface area (Å²) in [6.07, 6.45) is 0. The van der Waals surface area contributed by atoms with Gasteiger partial charge in [-0.15, -0.1) is 10.2 Å². The molecule has 1 heterocycles. The molecule has 0 spiro atoms. The minimum absolute atomic E-state index is 0.0187. The molecule has 0 amide bonds. The van der Waals surface area contributed by atoms with E-state index < -0.39 is 11.8 Å². The first kappa shape index (κ1) is 14.7. The molecule has 0 aliphatic carbocycles. The second kappa shape index (κ2) is 6.19. The van der Waals surface area contributed by atoms with Crippen LogP contribution in [0.4, 0.5) is 9.52 Å². The molecular weight excluding hydrogens is 301 g/mol. The molecule has 0 fully saturated rings. The number of carbonyl (C=O) groups is 1. The highest BCUT2D eigenvalue weighted by Gasteiger charge is 2.13. The van der Waals surface area contributed by atoms with Gasteiger partial charge >= 0.3 is 5.97 Å². The fourth-order valence-corrected chi connectivity index (χ4v) is 3.22. The van der Waals surface area contributed by atoms with Gasteiger partial charge in [-0.1, -0.05) is 29.2 Å². The molecule has 2 aromatic rings. The summed E-state index contributed by atoms with van der Waals surface area (Å²) in [4.78, 5) is 12.9. The minimum atomic E-state index is -1.13. The Bertz CT molecular complexity index is 631. The molecule has 0 aliphatic heterocycles. The van der Waals surface area contributed by atoms with E-state index in [1.54, 1.807) is 0 Å². The molecule has 20 heavy (non-hydrogen) atoms. The summed E-state index contributed by atoms with van der Waals surface area (Å²) in [7, 11) is 3.74. The van der Waals surface area contributed by atoms with Crippen LogP contribution in [0.5, 0.6) is 0 Å². The van der Waals surface area contributed by atoms with Crippen LogP contribution >= 0.6 is 23.1 Å². The summed E-state index contributed by atoms with van der Waals surface area (Å²) < 4.78 is 13.8. The molecule has 1 aromatic carbocycles. The molecule has 2 rings (SSSR count). The van der Waals surface area contributed by atoms with Gasteiger partial charge in [0.1, 0.15) is 5.82 Å². The third-order valence-corrected chi connectivity index (χ3v) is 4.70. The Balaban J connectivity index is 2.12. The summed E-state index contributed by atoms with van der Waals surface area (Å²) in [5, 5.41) is 17.8. The molecule has 0 atom stereocenters. The summed E-state index contributed by atoms with van der Waals surface area (Å²) in [5.41, 5.74) is 0.542. The molecule has 1 N–H and O–H groups in total. The molecule has 0 saturated carbocycles. The van der Waals surface area contributed by atoms with Gasteiger partial charge in [0.2, 0.25) is 5.13 Å². The average Bonchev–Trinajstić information content (AvgIpc) is 2.86. The van der Waals surface area contributed by atoms with E-state index in [-0.39, 0.29) is 5.56 Å². The molecule has 8 heteroatoms. The monoisotopic (exact) mass is 313 g/mol. The van der Waals surface area contributed by atoms with Crippen molar-refractivity contribution in [3.05, 3.63) is 35.1 Å². The second-order valence-corrected chi connectivity index (χ2v) is 6.32. The maximum atomic E-state index is 13.1. The number of aromatic carboxylic acids is 1. The van der Waals surface area contributed by atoms with Crippen LogP contribution < -0.4 is 4.90 Å². The number of hydrogen-bond acceptors (Lipinski definition) is 6. The molecular formula is C12H12FN3O2S2. The van der Waals surface area contributed by atoms with Crippen molar-refractivity contribution in [2.45, 2.75) is 10.1 Å². The highest BCUT2D eigenvalue weighted by Crippen LogP contribution is 2.30. The van der Waals surface area contributed by atoms with E-state index in [2.05, 4.69) is 10.2 Å². The Labute approximate surface area is 123 Å². The van der Waals surface area contributed by atoms with E-state index in [4.69, 9.17) is 5.11 Å². The fourth-order valence-electron chi connectivity index (χ4n) is 1.45. The van der Waals surface area contributed by atoms with Gasteiger partial charge in [0, 0.05) is 19.8 Å².